The predicted octanol–water partition coefficient (Wildman–Crippen LogP) is 1.78. The lowest BCUT2D eigenvalue weighted by Crippen LogP contribution is -1.71. The molecule has 0 aromatic heterocycles. The van der Waals surface area contributed by atoms with E-state index in [1.54, 1.807) is 0 Å². The summed E-state index contributed by atoms with van der Waals surface area (Å²) in [5, 5.41) is 0. The molecule has 0 N–H and O–H groups in total. The Bertz CT molecular complexity index is 135. The monoisotopic (exact) mass is 207 g/mol. The maximum atomic E-state index is 4.04. The number of allylic oxidation sites excluding steroid dienone is 1. The summed E-state index contributed by atoms with van der Waals surface area (Å²) >= 11 is 2.31. The Hall–Kier alpha value is 0.140. The first-order valence-corrected chi connectivity index (χ1v) is 3.23. The maximum absolute atomic E-state index is 4.04. The molecule has 0 saturated heterocycles. The molecule has 7 heavy (non-hydrogen) atoms. The van der Waals surface area contributed by atoms with Gasteiger partial charge in [0.2, 0.25) is 0 Å². The van der Waals surface area contributed by atoms with Crippen LogP contribution in [-0.4, -0.2) is 12.8 Å². The molecular formula is C5H6IN. The van der Waals surface area contributed by atoms with Crippen molar-refractivity contribution in [3.05, 3.63) is 9.15 Å². The Labute approximate surface area is 56.7 Å². The molecule has 1 heterocycles. The van der Waals surface area contributed by atoms with Crippen molar-refractivity contribution in [2.75, 3.05) is 6.54 Å². The van der Waals surface area contributed by atoms with Crippen molar-refractivity contribution in [1.29, 1.82) is 0 Å². The highest BCUT2D eigenvalue weighted by molar-refractivity contribution is 14.1. The van der Waals surface area contributed by atoms with E-state index in [0.29, 0.717) is 0 Å². The highest BCUT2D eigenvalue weighted by Gasteiger charge is 1.98. The van der Waals surface area contributed by atoms with Crippen molar-refractivity contribution in [1.82, 2.24) is 0 Å². The Kier molecular flexibility index (Phi) is 1.46. The first kappa shape index (κ1) is 5.28. The standard InChI is InChI=1S/C5H6IN/c1-4-2-7-3-5(4)6/h2H,3H2,1H3. The SMILES string of the molecule is CC1=C(I)CN=C1. The smallest absolute Gasteiger partial charge is 0.0700 e. The second kappa shape index (κ2) is 1.94. The molecule has 0 saturated carbocycles. The lowest BCUT2D eigenvalue weighted by molar-refractivity contribution is 1.28. The summed E-state index contributed by atoms with van der Waals surface area (Å²) in [7, 11) is 0. The van der Waals surface area contributed by atoms with Gasteiger partial charge in [0, 0.05) is 9.79 Å². The summed E-state index contributed by atoms with van der Waals surface area (Å²) in [6, 6.07) is 0. The molecule has 0 aromatic rings. The molecule has 0 spiro atoms. The first-order chi connectivity index (χ1) is 3.30. The first-order valence-electron chi connectivity index (χ1n) is 2.16. The lowest BCUT2D eigenvalue weighted by Gasteiger charge is -1.82. The quantitative estimate of drug-likeness (QED) is 0.537. The van der Waals surface area contributed by atoms with Gasteiger partial charge in [0.15, 0.2) is 0 Å². The van der Waals surface area contributed by atoms with Gasteiger partial charge < -0.3 is 0 Å². The molecule has 0 radical (unpaired) electrons. The van der Waals surface area contributed by atoms with Gasteiger partial charge in [0.25, 0.3) is 0 Å². The zero-order chi connectivity index (χ0) is 5.28. The molecule has 0 atom stereocenters. The zero-order valence-corrected chi connectivity index (χ0v) is 6.27. The molecule has 1 aliphatic rings. The topological polar surface area (TPSA) is 12.4 Å². The van der Waals surface area contributed by atoms with E-state index in [4.69, 9.17) is 0 Å². The molecule has 0 amide bonds. The molecule has 0 fully saturated rings. The van der Waals surface area contributed by atoms with Crippen LogP contribution in [0.4, 0.5) is 0 Å². The minimum atomic E-state index is 0.909. The Balaban J connectivity index is 2.79. The molecule has 2 heteroatoms. The largest absolute Gasteiger partial charge is 0.288 e. The zero-order valence-electron chi connectivity index (χ0n) is 4.11. The van der Waals surface area contributed by atoms with Crippen LogP contribution in [-0.2, 0) is 0 Å². The van der Waals surface area contributed by atoms with Gasteiger partial charge in [-0.3, -0.25) is 4.99 Å². The molecule has 38 valence electrons. The normalized spacial score (nSPS) is 19.1. The number of nitrogens with zero attached hydrogens (tertiary/aromatic N) is 1. The molecule has 0 aromatic carbocycles. The van der Waals surface area contributed by atoms with E-state index in [-0.39, 0.29) is 0 Å². The van der Waals surface area contributed by atoms with E-state index in [1.165, 1.54) is 9.15 Å². The second-order valence-electron chi connectivity index (χ2n) is 1.56. The van der Waals surface area contributed by atoms with E-state index < -0.39 is 0 Å². The number of hydrogen-bond donors (Lipinski definition) is 0. The van der Waals surface area contributed by atoms with Gasteiger partial charge in [-0.25, -0.2) is 0 Å². The Morgan fingerprint density at radius 1 is 1.86 bits per heavy atom. The molecule has 1 aliphatic heterocycles. The summed E-state index contributed by atoms with van der Waals surface area (Å²) in [6.45, 7) is 2.99. The van der Waals surface area contributed by atoms with Crippen LogP contribution in [0.5, 0.6) is 0 Å². The summed E-state index contributed by atoms with van der Waals surface area (Å²) in [4.78, 5) is 4.04. The van der Waals surface area contributed by atoms with E-state index in [1.807, 2.05) is 6.21 Å². The van der Waals surface area contributed by atoms with Crippen LogP contribution in [0.15, 0.2) is 14.1 Å². The Morgan fingerprint density at radius 3 is 2.71 bits per heavy atom. The van der Waals surface area contributed by atoms with Crippen LogP contribution in [0.3, 0.4) is 0 Å². The second-order valence-corrected chi connectivity index (χ2v) is 2.86. The molecular weight excluding hydrogens is 201 g/mol. The molecule has 0 aliphatic carbocycles. The highest BCUT2D eigenvalue weighted by atomic mass is 127. The van der Waals surface area contributed by atoms with Crippen LogP contribution < -0.4 is 0 Å². The number of hydrogen-bond acceptors (Lipinski definition) is 1. The summed E-state index contributed by atoms with van der Waals surface area (Å²) in [6.07, 6.45) is 1.92. The highest BCUT2D eigenvalue weighted by Crippen LogP contribution is 2.15. The van der Waals surface area contributed by atoms with Gasteiger partial charge in [0.05, 0.1) is 6.54 Å². The third-order valence-electron chi connectivity index (χ3n) is 0.943. The summed E-state index contributed by atoms with van der Waals surface area (Å²) < 4.78 is 1.37. The van der Waals surface area contributed by atoms with Crippen molar-refractivity contribution in [3.63, 3.8) is 0 Å². The number of halogens is 1. The summed E-state index contributed by atoms with van der Waals surface area (Å²) in [5.41, 5.74) is 1.32. The van der Waals surface area contributed by atoms with Gasteiger partial charge >= 0.3 is 0 Å². The lowest BCUT2D eigenvalue weighted by atomic mass is 10.3. The summed E-state index contributed by atoms with van der Waals surface area (Å²) in [5.74, 6) is 0. The van der Waals surface area contributed by atoms with Gasteiger partial charge in [-0.05, 0) is 35.1 Å². The van der Waals surface area contributed by atoms with Crippen molar-refractivity contribution in [3.8, 4) is 0 Å². The van der Waals surface area contributed by atoms with E-state index in [0.717, 1.165) is 6.54 Å². The average Bonchev–Trinajstić information content (AvgIpc) is 1.91. The van der Waals surface area contributed by atoms with Crippen LogP contribution >= 0.6 is 22.6 Å². The van der Waals surface area contributed by atoms with E-state index >= 15 is 0 Å². The van der Waals surface area contributed by atoms with E-state index in [9.17, 15) is 0 Å². The Morgan fingerprint density at radius 2 is 2.57 bits per heavy atom. The van der Waals surface area contributed by atoms with Gasteiger partial charge in [-0.15, -0.1) is 0 Å². The molecule has 0 bridgehead atoms. The van der Waals surface area contributed by atoms with Crippen LogP contribution in [0.1, 0.15) is 6.92 Å². The fourth-order valence-corrected chi connectivity index (χ4v) is 0.794. The molecule has 1 rings (SSSR count). The maximum Gasteiger partial charge on any atom is 0.0700 e. The average molecular weight is 207 g/mol. The van der Waals surface area contributed by atoms with Gasteiger partial charge in [-0.1, -0.05) is 0 Å². The van der Waals surface area contributed by atoms with E-state index in [2.05, 4.69) is 34.5 Å². The number of aliphatic imine (C=N–C) groups is 1. The third-order valence-corrected chi connectivity index (χ3v) is 2.13. The predicted molar refractivity (Wildman–Crippen MR) is 40.1 cm³/mol. The fourth-order valence-electron chi connectivity index (χ4n) is 0.457. The number of rotatable bonds is 0. The van der Waals surface area contributed by atoms with Gasteiger partial charge in [0.1, 0.15) is 0 Å². The van der Waals surface area contributed by atoms with Crippen molar-refractivity contribution in [2.45, 2.75) is 6.92 Å². The van der Waals surface area contributed by atoms with Crippen LogP contribution in [0.2, 0.25) is 0 Å². The van der Waals surface area contributed by atoms with Crippen molar-refractivity contribution < 1.29 is 0 Å². The third kappa shape index (κ3) is 1.02. The van der Waals surface area contributed by atoms with Crippen LogP contribution in [0.25, 0.3) is 0 Å². The van der Waals surface area contributed by atoms with Crippen LogP contribution in [0, 0.1) is 0 Å². The molecule has 1 nitrogen and oxygen atoms in total. The minimum absolute atomic E-state index is 0.909. The molecule has 0 unspecified atom stereocenters. The fraction of sp³-hybridized carbons (Fsp3) is 0.400. The minimum Gasteiger partial charge on any atom is -0.288 e. The van der Waals surface area contributed by atoms with Gasteiger partial charge in [-0.2, -0.15) is 0 Å². The van der Waals surface area contributed by atoms with Crippen molar-refractivity contribution >= 4 is 28.8 Å². The van der Waals surface area contributed by atoms with Crippen molar-refractivity contribution in [2.24, 2.45) is 4.99 Å².